The first kappa shape index (κ1) is 9.42. The number of hydrogen-bond donors (Lipinski definition) is 0. The molecule has 0 saturated carbocycles. The number of hydrogen-bond acceptors (Lipinski definition) is 4. The van der Waals surface area contributed by atoms with Crippen molar-refractivity contribution in [3.8, 4) is 0 Å². The first-order valence-corrected chi connectivity index (χ1v) is 6.62. The third kappa shape index (κ3) is 1.26. The van der Waals surface area contributed by atoms with Gasteiger partial charge in [-0.15, -0.1) is 11.3 Å². The van der Waals surface area contributed by atoms with Crippen molar-refractivity contribution in [3.05, 3.63) is 21.3 Å². The predicted molar refractivity (Wildman–Crippen MR) is 64.1 cm³/mol. The molecule has 78 valence electrons. The lowest BCUT2D eigenvalue weighted by molar-refractivity contribution is 0.551. The van der Waals surface area contributed by atoms with Gasteiger partial charge >= 0.3 is 0 Å². The molecule has 3 rings (SSSR count). The summed E-state index contributed by atoms with van der Waals surface area (Å²) in [5.41, 5.74) is 0.987. The van der Waals surface area contributed by atoms with E-state index in [-0.39, 0.29) is 11.6 Å². The third-order valence-corrected chi connectivity index (χ3v) is 4.79. The van der Waals surface area contributed by atoms with E-state index in [0.717, 1.165) is 26.0 Å². The number of aryl methyl sites for hydroxylation is 1. The van der Waals surface area contributed by atoms with Gasteiger partial charge in [0.2, 0.25) is 0 Å². The summed E-state index contributed by atoms with van der Waals surface area (Å²) in [5.74, 6) is 0.957. The van der Waals surface area contributed by atoms with E-state index in [1.165, 1.54) is 0 Å². The predicted octanol–water partition coefficient (Wildman–Crippen LogP) is 2.43. The number of nitrogens with zero attached hydrogens (tertiary/aromatic N) is 2. The molecule has 0 saturated heterocycles. The van der Waals surface area contributed by atoms with E-state index < -0.39 is 0 Å². The standard InChI is InChI=1S/C10H10N2OS2/c1-5-4-14-10-11-7-3-6(2)15-8(7)9(13)12(5)10/h3,5H,4H2,1-2H3. The minimum absolute atomic E-state index is 0.130. The van der Waals surface area contributed by atoms with Crippen LogP contribution in [0.4, 0.5) is 0 Å². The largest absolute Gasteiger partial charge is 0.283 e. The molecule has 1 aliphatic rings. The normalized spacial score (nSPS) is 19.7. The summed E-state index contributed by atoms with van der Waals surface area (Å²) in [6.07, 6.45) is 0. The van der Waals surface area contributed by atoms with Gasteiger partial charge < -0.3 is 0 Å². The Bertz CT molecular complexity index is 599. The van der Waals surface area contributed by atoms with Crippen LogP contribution in [0.5, 0.6) is 0 Å². The van der Waals surface area contributed by atoms with Crippen LogP contribution < -0.4 is 5.56 Å². The van der Waals surface area contributed by atoms with Gasteiger partial charge in [-0.25, -0.2) is 4.98 Å². The van der Waals surface area contributed by atoms with Crippen LogP contribution in [0.1, 0.15) is 17.8 Å². The maximum absolute atomic E-state index is 12.2. The smallest absolute Gasteiger partial charge is 0.272 e. The maximum Gasteiger partial charge on any atom is 0.272 e. The number of thioether (sulfide) groups is 1. The first-order valence-electron chi connectivity index (χ1n) is 4.82. The lowest BCUT2D eigenvalue weighted by Gasteiger charge is -2.05. The van der Waals surface area contributed by atoms with Gasteiger partial charge in [-0.2, -0.15) is 0 Å². The number of thiophene rings is 1. The Balaban J connectivity index is 2.45. The van der Waals surface area contributed by atoms with Crippen LogP contribution in [0, 0.1) is 6.92 Å². The van der Waals surface area contributed by atoms with Gasteiger partial charge in [0.25, 0.3) is 5.56 Å². The minimum Gasteiger partial charge on any atom is -0.283 e. The molecule has 0 aromatic carbocycles. The summed E-state index contributed by atoms with van der Waals surface area (Å²) in [6, 6.07) is 2.27. The molecule has 0 aliphatic carbocycles. The topological polar surface area (TPSA) is 34.9 Å². The van der Waals surface area contributed by atoms with Crippen molar-refractivity contribution in [2.24, 2.45) is 0 Å². The first-order chi connectivity index (χ1) is 7.16. The van der Waals surface area contributed by atoms with Gasteiger partial charge in [0, 0.05) is 16.7 Å². The van der Waals surface area contributed by atoms with Gasteiger partial charge in [0.05, 0.1) is 5.52 Å². The molecule has 15 heavy (non-hydrogen) atoms. The highest BCUT2D eigenvalue weighted by Crippen LogP contribution is 2.32. The monoisotopic (exact) mass is 238 g/mol. The molecule has 0 fully saturated rings. The Hall–Kier alpha value is -0.810. The second kappa shape index (κ2) is 3.09. The summed E-state index contributed by atoms with van der Waals surface area (Å²) in [4.78, 5) is 17.8. The molecule has 1 unspecified atom stereocenters. The molecule has 0 amide bonds. The lowest BCUT2D eigenvalue weighted by atomic mass is 10.3. The van der Waals surface area contributed by atoms with E-state index in [4.69, 9.17) is 0 Å². The lowest BCUT2D eigenvalue weighted by Crippen LogP contribution is -2.22. The van der Waals surface area contributed by atoms with E-state index >= 15 is 0 Å². The highest BCUT2D eigenvalue weighted by atomic mass is 32.2. The minimum atomic E-state index is 0.130. The van der Waals surface area contributed by atoms with Crippen molar-refractivity contribution < 1.29 is 0 Å². The summed E-state index contributed by atoms with van der Waals surface area (Å²) < 4.78 is 2.62. The van der Waals surface area contributed by atoms with Crippen molar-refractivity contribution >= 4 is 33.3 Å². The second-order valence-electron chi connectivity index (χ2n) is 3.80. The summed E-state index contributed by atoms with van der Waals surface area (Å²) in [7, 11) is 0. The van der Waals surface area contributed by atoms with Crippen molar-refractivity contribution in [1.82, 2.24) is 9.55 Å². The Morgan fingerprint density at radius 3 is 3.20 bits per heavy atom. The molecule has 3 nitrogen and oxygen atoms in total. The maximum atomic E-state index is 12.2. The highest BCUT2D eigenvalue weighted by molar-refractivity contribution is 7.99. The van der Waals surface area contributed by atoms with Crippen LogP contribution in [-0.4, -0.2) is 15.3 Å². The molecule has 1 aliphatic heterocycles. The average molecular weight is 238 g/mol. The van der Waals surface area contributed by atoms with E-state index in [9.17, 15) is 4.79 Å². The SMILES string of the molecule is Cc1cc2nc3n(c(=O)c2s1)C(C)CS3. The van der Waals surface area contributed by atoms with Crippen LogP contribution in [0.15, 0.2) is 16.0 Å². The number of fused-ring (bicyclic) bond motifs is 2. The molecule has 2 aromatic rings. The fraction of sp³-hybridized carbons (Fsp3) is 0.400. The quantitative estimate of drug-likeness (QED) is 0.661. The molecule has 3 heterocycles. The Labute approximate surface area is 95.1 Å². The van der Waals surface area contributed by atoms with Crippen LogP contribution >= 0.6 is 23.1 Å². The van der Waals surface area contributed by atoms with Gasteiger partial charge in [-0.05, 0) is 19.9 Å². The summed E-state index contributed by atoms with van der Waals surface area (Å²) >= 11 is 3.21. The Morgan fingerprint density at radius 1 is 1.60 bits per heavy atom. The van der Waals surface area contributed by atoms with Crippen molar-refractivity contribution in [3.63, 3.8) is 0 Å². The molecule has 5 heteroatoms. The molecule has 0 bridgehead atoms. The van der Waals surface area contributed by atoms with E-state index in [2.05, 4.69) is 11.9 Å². The number of aromatic nitrogens is 2. The van der Waals surface area contributed by atoms with Crippen molar-refractivity contribution in [1.29, 1.82) is 0 Å². The zero-order valence-electron chi connectivity index (χ0n) is 8.48. The Morgan fingerprint density at radius 2 is 2.40 bits per heavy atom. The van der Waals surface area contributed by atoms with Crippen LogP contribution in [0.2, 0.25) is 0 Å². The Kier molecular flexibility index (Phi) is 1.94. The van der Waals surface area contributed by atoms with Gasteiger partial charge in [-0.3, -0.25) is 9.36 Å². The molecular weight excluding hydrogens is 228 g/mol. The van der Waals surface area contributed by atoms with Gasteiger partial charge in [0.1, 0.15) is 4.70 Å². The van der Waals surface area contributed by atoms with Crippen LogP contribution in [-0.2, 0) is 0 Å². The zero-order chi connectivity index (χ0) is 10.6. The number of rotatable bonds is 0. The van der Waals surface area contributed by atoms with Crippen molar-refractivity contribution in [2.45, 2.75) is 25.0 Å². The van der Waals surface area contributed by atoms with Crippen LogP contribution in [0.25, 0.3) is 10.2 Å². The molecule has 0 radical (unpaired) electrons. The van der Waals surface area contributed by atoms with Gasteiger partial charge in [-0.1, -0.05) is 11.8 Å². The zero-order valence-corrected chi connectivity index (χ0v) is 10.1. The second-order valence-corrected chi connectivity index (χ2v) is 6.04. The highest BCUT2D eigenvalue weighted by Gasteiger charge is 2.23. The fourth-order valence-electron chi connectivity index (χ4n) is 1.85. The molecule has 2 aromatic heterocycles. The van der Waals surface area contributed by atoms with E-state index in [1.807, 2.05) is 17.6 Å². The average Bonchev–Trinajstić information content (AvgIpc) is 2.71. The molecule has 0 spiro atoms. The van der Waals surface area contributed by atoms with Crippen molar-refractivity contribution in [2.75, 3.05) is 5.75 Å². The summed E-state index contributed by atoms with van der Waals surface area (Å²) in [5, 5.41) is 0.873. The van der Waals surface area contributed by atoms with E-state index in [0.29, 0.717) is 0 Å². The van der Waals surface area contributed by atoms with E-state index in [1.54, 1.807) is 23.1 Å². The molecule has 0 N–H and O–H groups in total. The van der Waals surface area contributed by atoms with Crippen LogP contribution in [0.3, 0.4) is 0 Å². The molecule has 1 atom stereocenters. The molecular formula is C10H10N2OS2. The fourth-order valence-corrected chi connectivity index (χ4v) is 3.84. The third-order valence-electron chi connectivity index (χ3n) is 2.57. The van der Waals surface area contributed by atoms with Gasteiger partial charge in [0.15, 0.2) is 5.16 Å². The summed E-state index contributed by atoms with van der Waals surface area (Å²) in [6.45, 7) is 4.08.